The first-order valence-electron chi connectivity index (χ1n) is 20.2. The largest absolute Gasteiger partial charge is 0.455 e. The number of furan rings is 1. The molecule has 0 N–H and O–H groups in total. The molecule has 0 saturated heterocycles. The molecule has 5 nitrogen and oxygen atoms in total. The van der Waals surface area contributed by atoms with E-state index in [1.807, 2.05) is 60.7 Å². The smallest absolute Gasteiger partial charge is 0.164 e. The summed E-state index contributed by atoms with van der Waals surface area (Å²) < 4.78 is 9.10. The van der Waals surface area contributed by atoms with Crippen molar-refractivity contribution in [2.24, 2.45) is 0 Å². The molecule has 0 atom stereocenters. The number of hydrogen-bond donors (Lipinski definition) is 0. The summed E-state index contributed by atoms with van der Waals surface area (Å²) in [6, 6.07) is 72.2. The summed E-state index contributed by atoms with van der Waals surface area (Å²) in [5.41, 5.74) is 12.6. The Morgan fingerprint density at radius 1 is 0.333 bits per heavy atom. The molecule has 3 aromatic heterocycles. The first-order chi connectivity index (χ1) is 29.7. The van der Waals surface area contributed by atoms with Crippen LogP contribution in [0.4, 0.5) is 0 Å². The predicted octanol–water partition coefficient (Wildman–Crippen LogP) is 14.4. The van der Waals surface area contributed by atoms with Crippen molar-refractivity contribution in [1.29, 1.82) is 0 Å². The Labute approximate surface area is 345 Å². The maximum absolute atomic E-state index is 6.74. The molecule has 0 fully saturated rings. The minimum Gasteiger partial charge on any atom is -0.455 e. The lowest BCUT2D eigenvalue weighted by molar-refractivity contribution is 0.673. The highest BCUT2D eigenvalue weighted by Crippen LogP contribution is 2.43. The molecule has 12 rings (SSSR count). The standard InChI is InChI=1S/C55H34N4O/c1-3-14-37(15-4-1)53-56-54(38-16-5-2-6-17-38)58-55(57-53)39-28-26-35(27-29-39)41-22-13-25-50-51(41)47-34-46(42-18-7-8-21-45(42)52(47)60-50)36-30-32-40(33-31-36)59-48-23-11-9-19-43(48)44-20-10-12-24-49(44)59/h1-34H. The molecule has 0 aliphatic rings. The average Bonchev–Trinajstić information content (AvgIpc) is 3.88. The van der Waals surface area contributed by atoms with Crippen molar-refractivity contribution >= 4 is 54.5 Å². The molecule has 0 unspecified atom stereocenters. The molecule has 280 valence electrons. The Morgan fingerprint density at radius 3 is 1.40 bits per heavy atom. The van der Waals surface area contributed by atoms with E-state index in [0.717, 1.165) is 77.3 Å². The van der Waals surface area contributed by atoms with Crippen molar-refractivity contribution in [2.75, 3.05) is 0 Å². The van der Waals surface area contributed by atoms with Gasteiger partial charge >= 0.3 is 0 Å². The molecule has 3 heterocycles. The van der Waals surface area contributed by atoms with E-state index in [-0.39, 0.29) is 0 Å². The van der Waals surface area contributed by atoms with Crippen molar-refractivity contribution in [3.8, 4) is 62.1 Å². The summed E-state index contributed by atoms with van der Waals surface area (Å²) >= 11 is 0. The number of para-hydroxylation sites is 2. The van der Waals surface area contributed by atoms with Crippen LogP contribution in [0, 0.1) is 0 Å². The van der Waals surface area contributed by atoms with E-state index in [1.165, 1.54) is 21.8 Å². The van der Waals surface area contributed by atoms with Gasteiger partial charge in [-0.2, -0.15) is 0 Å². The van der Waals surface area contributed by atoms with Gasteiger partial charge in [-0.1, -0.05) is 170 Å². The normalized spacial score (nSPS) is 11.7. The zero-order chi connectivity index (χ0) is 39.6. The lowest BCUT2D eigenvalue weighted by Crippen LogP contribution is -2.00. The van der Waals surface area contributed by atoms with Gasteiger partial charge in [0, 0.05) is 49.3 Å². The van der Waals surface area contributed by atoms with Gasteiger partial charge in [0.05, 0.1) is 11.0 Å². The number of benzene rings is 9. The van der Waals surface area contributed by atoms with E-state index >= 15 is 0 Å². The summed E-state index contributed by atoms with van der Waals surface area (Å²) in [5, 5.41) is 6.93. The number of nitrogens with zero attached hydrogens (tertiary/aromatic N) is 4. The van der Waals surface area contributed by atoms with Crippen molar-refractivity contribution in [2.45, 2.75) is 0 Å². The van der Waals surface area contributed by atoms with E-state index in [9.17, 15) is 0 Å². The molecule has 0 aliphatic carbocycles. The Kier molecular flexibility index (Phi) is 7.78. The molecule has 12 aromatic rings. The van der Waals surface area contributed by atoms with Crippen LogP contribution in [0.2, 0.25) is 0 Å². The maximum Gasteiger partial charge on any atom is 0.164 e. The highest BCUT2D eigenvalue weighted by molar-refractivity contribution is 6.22. The van der Waals surface area contributed by atoms with Gasteiger partial charge in [-0.15, -0.1) is 0 Å². The van der Waals surface area contributed by atoms with Crippen molar-refractivity contribution < 1.29 is 4.42 Å². The van der Waals surface area contributed by atoms with E-state index in [4.69, 9.17) is 19.4 Å². The Balaban J connectivity index is 0.973. The van der Waals surface area contributed by atoms with E-state index < -0.39 is 0 Å². The van der Waals surface area contributed by atoms with Crippen LogP contribution < -0.4 is 0 Å². The second-order valence-electron chi connectivity index (χ2n) is 15.2. The van der Waals surface area contributed by atoms with Gasteiger partial charge in [0.25, 0.3) is 0 Å². The Bertz CT molecular complexity index is 3460. The molecular weight excluding hydrogens is 733 g/mol. The van der Waals surface area contributed by atoms with E-state index in [1.54, 1.807) is 0 Å². The fourth-order valence-electron chi connectivity index (χ4n) is 8.86. The van der Waals surface area contributed by atoms with E-state index in [2.05, 4.69) is 150 Å². The van der Waals surface area contributed by atoms with Gasteiger partial charge < -0.3 is 8.98 Å². The third-order valence-corrected chi connectivity index (χ3v) is 11.7. The number of rotatable bonds is 6. The molecule has 60 heavy (non-hydrogen) atoms. The molecule has 0 amide bonds. The molecule has 5 heteroatoms. The highest BCUT2D eigenvalue weighted by Gasteiger charge is 2.19. The van der Waals surface area contributed by atoms with Gasteiger partial charge in [-0.25, -0.2) is 15.0 Å². The second kappa shape index (κ2) is 13.8. The van der Waals surface area contributed by atoms with Crippen molar-refractivity contribution in [3.05, 3.63) is 206 Å². The minimum atomic E-state index is 0.626. The topological polar surface area (TPSA) is 56.7 Å². The van der Waals surface area contributed by atoms with Crippen LogP contribution in [-0.4, -0.2) is 19.5 Å². The van der Waals surface area contributed by atoms with Gasteiger partial charge in [0.2, 0.25) is 0 Å². The van der Waals surface area contributed by atoms with Gasteiger partial charge in [0.15, 0.2) is 17.5 Å². The molecule has 0 bridgehead atoms. The number of hydrogen-bond acceptors (Lipinski definition) is 4. The van der Waals surface area contributed by atoms with Crippen LogP contribution >= 0.6 is 0 Å². The SMILES string of the molecule is c1ccc(-c2nc(-c3ccccc3)nc(-c3ccc(-c4cccc5oc6c7ccccc7c(-c7ccc(-n8c9ccccc9c9ccccc98)cc7)cc6c45)cc3)n2)cc1. The van der Waals surface area contributed by atoms with Crippen LogP contribution in [0.3, 0.4) is 0 Å². The first kappa shape index (κ1) is 33.9. The van der Waals surface area contributed by atoms with Gasteiger partial charge in [0.1, 0.15) is 11.2 Å². The fourth-order valence-corrected chi connectivity index (χ4v) is 8.86. The third kappa shape index (κ3) is 5.52. The molecule has 0 spiro atoms. The number of aromatic nitrogens is 4. The molecule has 0 saturated carbocycles. The average molecular weight is 767 g/mol. The molecule has 0 radical (unpaired) electrons. The summed E-state index contributed by atoms with van der Waals surface area (Å²) in [7, 11) is 0. The predicted molar refractivity (Wildman–Crippen MR) is 246 cm³/mol. The monoisotopic (exact) mass is 766 g/mol. The van der Waals surface area contributed by atoms with Crippen LogP contribution in [0.15, 0.2) is 211 Å². The van der Waals surface area contributed by atoms with Crippen LogP contribution in [0.1, 0.15) is 0 Å². The maximum atomic E-state index is 6.74. The van der Waals surface area contributed by atoms with Gasteiger partial charge in [-0.3, -0.25) is 0 Å². The summed E-state index contributed by atoms with van der Waals surface area (Å²) in [4.78, 5) is 14.8. The zero-order valence-electron chi connectivity index (χ0n) is 32.3. The third-order valence-electron chi connectivity index (χ3n) is 11.7. The van der Waals surface area contributed by atoms with Crippen molar-refractivity contribution in [1.82, 2.24) is 19.5 Å². The summed E-state index contributed by atoms with van der Waals surface area (Å²) in [6.45, 7) is 0. The molecule has 9 aromatic carbocycles. The van der Waals surface area contributed by atoms with Crippen molar-refractivity contribution in [3.63, 3.8) is 0 Å². The second-order valence-corrected chi connectivity index (χ2v) is 15.2. The quantitative estimate of drug-likeness (QED) is 0.169. The molecule has 0 aliphatic heterocycles. The lowest BCUT2D eigenvalue weighted by Gasteiger charge is -2.12. The Hall–Kier alpha value is -8.15. The fraction of sp³-hybridized carbons (Fsp3) is 0. The van der Waals surface area contributed by atoms with Gasteiger partial charge in [-0.05, 0) is 64.0 Å². The number of fused-ring (bicyclic) bond motifs is 8. The first-order valence-corrected chi connectivity index (χ1v) is 20.2. The van der Waals surface area contributed by atoms with Crippen LogP contribution in [-0.2, 0) is 0 Å². The summed E-state index contributed by atoms with van der Waals surface area (Å²) in [6.07, 6.45) is 0. The minimum absolute atomic E-state index is 0.626. The Morgan fingerprint density at radius 2 is 0.800 bits per heavy atom. The lowest BCUT2D eigenvalue weighted by atomic mass is 9.93. The van der Waals surface area contributed by atoms with Crippen LogP contribution in [0.5, 0.6) is 0 Å². The molecular formula is C55H34N4O. The van der Waals surface area contributed by atoms with Crippen LogP contribution in [0.25, 0.3) is 117 Å². The summed E-state index contributed by atoms with van der Waals surface area (Å²) in [5.74, 6) is 1.91. The zero-order valence-corrected chi connectivity index (χ0v) is 32.3. The van der Waals surface area contributed by atoms with E-state index in [0.29, 0.717) is 17.5 Å². The highest BCUT2D eigenvalue weighted by atomic mass is 16.3.